The minimum Gasteiger partial charge on any atom is -0.383 e. The monoisotopic (exact) mass is 1120 g/mol. The second-order valence-electron chi connectivity index (χ2n) is 22.0. The van der Waals surface area contributed by atoms with Crippen molar-refractivity contribution in [3.8, 4) is 45.8 Å². The second-order valence-corrected chi connectivity index (χ2v) is 22.0. The lowest BCUT2D eigenvalue weighted by molar-refractivity contribution is 0.0926. The number of nitrogens with two attached hydrogens (primary N) is 2. The van der Waals surface area contributed by atoms with Crippen LogP contribution in [0.3, 0.4) is 0 Å². The van der Waals surface area contributed by atoms with E-state index < -0.39 is 0 Å². The predicted octanol–water partition coefficient (Wildman–Crippen LogP) is 8.67. The molecule has 3 aliphatic rings. The van der Waals surface area contributed by atoms with Crippen LogP contribution < -0.4 is 22.1 Å². The number of nitrogens with one attached hydrogen (secondary N) is 2. The first kappa shape index (κ1) is 51.1. The Labute approximate surface area is 486 Å². The van der Waals surface area contributed by atoms with Gasteiger partial charge in [-0.15, -0.1) is 0 Å². The Balaban J connectivity index is 0.613. The summed E-state index contributed by atoms with van der Waals surface area (Å²) in [4.78, 5) is 69.2. The molecule has 0 bridgehead atoms. The molecule has 21 nitrogen and oxygen atoms in total. The predicted molar refractivity (Wildman–Crippen MR) is 320 cm³/mol. The summed E-state index contributed by atoms with van der Waals surface area (Å²) in [6.07, 6.45) is 17.9. The van der Waals surface area contributed by atoms with E-state index in [0.717, 1.165) is 78.0 Å². The van der Waals surface area contributed by atoms with Gasteiger partial charge in [0.1, 0.15) is 22.7 Å². The van der Waals surface area contributed by atoms with Crippen molar-refractivity contribution in [2.24, 2.45) is 5.92 Å². The molecule has 12 aromatic rings. The number of carbonyl (C=O) groups is 2. The van der Waals surface area contributed by atoms with E-state index in [4.69, 9.17) is 41.4 Å². The Hall–Kier alpha value is -10.8. The number of pyridine rings is 6. The van der Waals surface area contributed by atoms with E-state index in [-0.39, 0.29) is 35.7 Å². The molecular weight excluding hydrogens is 1070 g/mol. The van der Waals surface area contributed by atoms with Crippen LogP contribution in [0.5, 0.6) is 0 Å². The van der Waals surface area contributed by atoms with Gasteiger partial charge in [-0.05, 0) is 177 Å². The van der Waals surface area contributed by atoms with E-state index in [1.807, 2.05) is 119 Å². The minimum absolute atomic E-state index is 0.108. The number of aryl methyl sites for hydroxylation is 2. The molecule has 0 radical (unpaired) electrons. The van der Waals surface area contributed by atoms with Crippen molar-refractivity contribution in [2.75, 3.05) is 25.1 Å². The number of nitrogen functional groups attached to an aromatic ring is 2. The molecule has 4 atom stereocenters. The molecule has 418 valence electrons. The Morgan fingerprint density at radius 1 is 0.576 bits per heavy atom. The standard InChI is InChI=1S/C64H55N19O2/c1-79(36-53-44(8-2-24-67-53)63(84)75-49-18-12-37-32-40(14-16-42(37)49)82-59(46-10-4-26-69-57(46)65)73-51-20-22-54(77-61(51)82)80-30-6-28-71-80)35-39-34-48(39)56-45(9-3-25-68-56)64(85)76-50-19-13-38-33-41(15-17-43(38)50)83-60(47-11-5-27-70-58(47)66)74-52-21-23-55(78-62(52)83)81-31-7-29-72-81/h2-11,14-17,20-33,39,48-50H,12-13,18-19,34-36H2,1H3,(H2,65,69)(H2,66,70)(H,75,84)(H,76,85)/t39?,48?,49-,50-/m0/s1. The highest BCUT2D eigenvalue weighted by Gasteiger charge is 2.42. The Morgan fingerprint density at radius 3 is 1.64 bits per heavy atom. The lowest BCUT2D eigenvalue weighted by Crippen LogP contribution is -2.30. The van der Waals surface area contributed by atoms with E-state index >= 15 is 0 Å². The van der Waals surface area contributed by atoms with Gasteiger partial charge in [-0.2, -0.15) is 10.2 Å². The molecule has 15 rings (SSSR count). The van der Waals surface area contributed by atoms with Gasteiger partial charge in [0.25, 0.3) is 11.8 Å². The molecule has 2 amide bonds. The van der Waals surface area contributed by atoms with Crippen molar-refractivity contribution >= 4 is 45.8 Å². The molecule has 0 spiro atoms. The van der Waals surface area contributed by atoms with Crippen LogP contribution in [0.15, 0.2) is 171 Å². The van der Waals surface area contributed by atoms with Gasteiger partial charge in [0.2, 0.25) is 0 Å². The number of fused-ring (bicyclic) bond motifs is 4. The van der Waals surface area contributed by atoms with Crippen LogP contribution in [-0.2, 0) is 19.4 Å². The van der Waals surface area contributed by atoms with Crippen molar-refractivity contribution in [1.82, 2.24) is 84.1 Å². The van der Waals surface area contributed by atoms with Crippen LogP contribution in [0.25, 0.3) is 68.1 Å². The van der Waals surface area contributed by atoms with Crippen molar-refractivity contribution in [3.05, 3.63) is 216 Å². The summed E-state index contributed by atoms with van der Waals surface area (Å²) >= 11 is 0. The van der Waals surface area contributed by atoms with Gasteiger partial charge in [-0.1, -0.05) is 12.1 Å². The maximum Gasteiger partial charge on any atom is 0.253 e. The van der Waals surface area contributed by atoms with Gasteiger partial charge in [-0.3, -0.25) is 28.7 Å². The summed E-state index contributed by atoms with van der Waals surface area (Å²) in [7, 11) is 2.05. The van der Waals surface area contributed by atoms with E-state index in [0.29, 0.717) is 91.7 Å². The topological polar surface area (TPSA) is 262 Å². The summed E-state index contributed by atoms with van der Waals surface area (Å²) < 4.78 is 7.47. The Kier molecular flexibility index (Phi) is 12.6. The van der Waals surface area contributed by atoms with Crippen LogP contribution in [0.4, 0.5) is 11.6 Å². The van der Waals surface area contributed by atoms with Gasteiger partial charge >= 0.3 is 0 Å². The zero-order valence-corrected chi connectivity index (χ0v) is 46.1. The van der Waals surface area contributed by atoms with E-state index in [9.17, 15) is 9.59 Å². The fraction of sp³-hybridized carbons (Fsp3) is 0.188. The number of amides is 2. The number of hydrogen-bond donors (Lipinski definition) is 4. The smallest absolute Gasteiger partial charge is 0.253 e. The normalized spacial score (nSPS) is 16.9. The number of anilines is 2. The summed E-state index contributed by atoms with van der Waals surface area (Å²) in [5, 5.41) is 15.5. The molecule has 10 aromatic heterocycles. The first-order valence-electron chi connectivity index (χ1n) is 28.3. The number of aromatic nitrogens is 14. The van der Waals surface area contributed by atoms with Crippen molar-refractivity contribution < 1.29 is 9.59 Å². The number of rotatable bonds is 15. The summed E-state index contributed by atoms with van der Waals surface area (Å²) in [5.41, 5.74) is 25.7. The first-order valence-corrected chi connectivity index (χ1v) is 28.3. The zero-order chi connectivity index (χ0) is 57.3. The van der Waals surface area contributed by atoms with Crippen molar-refractivity contribution in [1.29, 1.82) is 0 Å². The van der Waals surface area contributed by atoms with Crippen molar-refractivity contribution in [2.45, 2.75) is 56.7 Å². The third-order valence-electron chi connectivity index (χ3n) is 16.6. The van der Waals surface area contributed by atoms with E-state index in [1.165, 1.54) is 0 Å². The summed E-state index contributed by atoms with van der Waals surface area (Å²) in [6.45, 7) is 1.20. The van der Waals surface area contributed by atoms with E-state index in [1.54, 1.807) is 46.5 Å². The van der Waals surface area contributed by atoms with Gasteiger partial charge in [0, 0.05) is 80.0 Å². The number of hydrogen-bond acceptors (Lipinski definition) is 15. The van der Waals surface area contributed by atoms with Crippen LogP contribution in [0.1, 0.15) is 91.6 Å². The minimum atomic E-state index is -0.199. The van der Waals surface area contributed by atoms with Crippen LogP contribution in [0, 0.1) is 5.92 Å². The molecule has 1 saturated carbocycles. The molecular formula is C64H55N19O2. The first-order chi connectivity index (χ1) is 41.7. The number of nitrogens with zero attached hydrogens (tertiary/aromatic N) is 15. The van der Waals surface area contributed by atoms with Crippen LogP contribution >= 0.6 is 0 Å². The molecule has 0 saturated heterocycles. The number of benzene rings is 2. The molecule has 10 heterocycles. The van der Waals surface area contributed by atoms with Crippen molar-refractivity contribution in [3.63, 3.8) is 0 Å². The summed E-state index contributed by atoms with van der Waals surface area (Å²) in [5.74, 6) is 3.34. The van der Waals surface area contributed by atoms with Gasteiger partial charge < -0.3 is 27.0 Å². The van der Waals surface area contributed by atoms with Crippen LogP contribution in [0.2, 0.25) is 0 Å². The van der Waals surface area contributed by atoms with Crippen LogP contribution in [-0.4, -0.2) is 98.9 Å². The highest BCUT2D eigenvalue weighted by molar-refractivity contribution is 5.96. The lowest BCUT2D eigenvalue weighted by Gasteiger charge is -2.20. The third kappa shape index (κ3) is 9.35. The molecule has 6 N–H and O–H groups in total. The Morgan fingerprint density at radius 2 is 1.09 bits per heavy atom. The maximum absolute atomic E-state index is 14.3. The van der Waals surface area contributed by atoms with Gasteiger partial charge in [0.15, 0.2) is 34.6 Å². The number of carbonyl (C=O) groups excluding carboxylic acids is 2. The molecule has 2 aromatic carbocycles. The molecule has 3 aliphatic carbocycles. The highest BCUT2D eigenvalue weighted by Crippen LogP contribution is 2.48. The molecule has 2 unspecified atom stereocenters. The average Bonchev–Trinajstić information content (AvgIpc) is 2.70. The fourth-order valence-corrected chi connectivity index (χ4v) is 12.5. The fourth-order valence-electron chi connectivity index (χ4n) is 12.5. The molecule has 85 heavy (non-hydrogen) atoms. The SMILES string of the molecule is CN(Cc1ncccc1C(=O)N[C@H]1CCc2cc(-n3c(-c4cccnc4N)nc4ccc(-n5cccn5)nc43)ccc21)CC1CC1c1ncccc1C(=O)N[C@H]1CCc2cc(-n3c(-c4cccnc4N)nc4ccc(-n5cccn5)nc43)ccc21. The largest absolute Gasteiger partial charge is 0.383 e. The average molecular weight is 1120 g/mol. The van der Waals surface area contributed by atoms with Gasteiger partial charge in [0.05, 0.1) is 45.7 Å². The zero-order valence-electron chi connectivity index (χ0n) is 46.1. The maximum atomic E-state index is 14.3. The highest BCUT2D eigenvalue weighted by atomic mass is 16.2. The number of imidazole rings is 2. The third-order valence-corrected chi connectivity index (χ3v) is 16.6. The lowest BCUT2D eigenvalue weighted by atomic mass is 10.0. The quantitative estimate of drug-likeness (QED) is 0.0748. The second kappa shape index (κ2) is 20.9. The molecule has 0 aliphatic heterocycles. The summed E-state index contributed by atoms with van der Waals surface area (Å²) in [6, 6.07) is 38.5. The Bertz CT molecular complexity index is 4570. The van der Waals surface area contributed by atoms with E-state index in [2.05, 4.69) is 67.0 Å². The molecule has 21 heteroatoms. The molecule has 1 fully saturated rings. The van der Waals surface area contributed by atoms with Gasteiger partial charge in [-0.25, -0.2) is 39.3 Å².